The number of carbonyl (C=O) groups is 1. The molecule has 0 aliphatic carbocycles. The smallest absolute Gasteiger partial charge is 0.267 e. The number of amides is 1. The van der Waals surface area contributed by atoms with Crippen LogP contribution in [0.4, 0.5) is 5.69 Å². The zero-order chi connectivity index (χ0) is 19.1. The van der Waals surface area contributed by atoms with E-state index in [9.17, 15) is 14.7 Å². The fourth-order valence-electron chi connectivity index (χ4n) is 3.33. The molecule has 0 radical (unpaired) electrons. The highest BCUT2D eigenvalue weighted by Gasteiger charge is 2.28. The van der Waals surface area contributed by atoms with Crippen LogP contribution in [0.25, 0.3) is 10.9 Å². The van der Waals surface area contributed by atoms with Gasteiger partial charge in [-0.25, -0.2) is 0 Å². The van der Waals surface area contributed by atoms with Gasteiger partial charge in [0, 0.05) is 23.0 Å². The number of thioether (sulfide) groups is 1. The molecule has 6 nitrogen and oxygen atoms in total. The summed E-state index contributed by atoms with van der Waals surface area (Å²) in [7, 11) is 1.59. The van der Waals surface area contributed by atoms with E-state index in [0.29, 0.717) is 35.5 Å². The maximum atomic E-state index is 13.1. The van der Waals surface area contributed by atoms with Crippen LogP contribution < -0.4 is 15.2 Å². The second-order valence-corrected chi connectivity index (χ2v) is 7.13. The van der Waals surface area contributed by atoms with Gasteiger partial charge < -0.3 is 19.3 Å². The third-order valence-corrected chi connectivity index (χ3v) is 5.45. The minimum Gasteiger partial charge on any atom is -0.506 e. The minimum absolute atomic E-state index is 0.222. The van der Waals surface area contributed by atoms with Crippen molar-refractivity contribution < 1.29 is 14.6 Å². The van der Waals surface area contributed by atoms with E-state index in [1.807, 2.05) is 30.5 Å². The SMILES string of the molecule is CSc1cc2c3c(c1)c(O)c(C(=O)N(C)c1ccccc1)c(=O)n3CCO2. The van der Waals surface area contributed by atoms with E-state index in [2.05, 4.69) is 0 Å². The second-order valence-electron chi connectivity index (χ2n) is 6.25. The summed E-state index contributed by atoms with van der Waals surface area (Å²) < 4.78 is 7.20. The van der Waals surface area contributed by atoms with E-state index < -0.39 is 11.5 Å². The third-order valence-electron chi connectivity index (χ3n) is 4.74. The van der Waals surface area contributed by atoms with Gasteiger partial charge in [0.2, 0.25) is 0 Å². The molecule has 4 rings (SSSR count). The summed E-state index contributed by atoms with van der Waals surface area (Å²) in [6, 6.07) is 12.6. The Hall–Kier alpha value is -2.93. The van der Waals surface area contributed by atoms with Gasteiger partial charge in [0.05, 0.1) is 12.1 Å². The van der Waals surface area contributed by atoms with Gasteiger partial charge in [0.25, 0.3) is 11.5 Å². The number of hydrogen-bond donors (Lipinski definition) is 1. The van der Waals surface area contributed by atoms with Crippen LogP contribution in [0.15, 0.2) is 52.2 Å². The Kier molecular flexibility index (Phi) is 4.31. The summed E-state index contributed by atoms with van der Waals surface area (Å²) in [5.74, 6) is -0.301. The molecule has 0 saturated heterocycles. The first-order chi connectivity index (χ1) is 13.0. The minimum atomic E-state index is -0.544. The third kappa shape index (κ3) is 2.75. The molecule has 1 aliphatic heterocycles. The highest BCUT2D eigenvalue weighted by atomic mass is 32.2. The predicted octanol–water partition coefficient (Wildman–Crippen LogP) is 3.10. The molecule has 27 heavy (non-hydrogen) atoms. The van der Waals surface area contributed by atoms with Crippen molar-refractivity contribution in [2.24, 2.45) is 0 Å². The monoisotopic (exact) mass is 382 g/mol. The van der Waals surface area contributed by atoms with Crippen molar-refractivity contribution in [1.29, 1.82) is 0 Å². The van der Waals surface area contributed by atoms with Crippen LogP contribution in [0.3, 0.4) is 0 Å². The van der Waals surface area contributed by atoms with Gasteiger partial charge in [-0.15, -0.1) is 11.8 Å². The molecule has 1 aliphatic rings. The number of pyridine rings is 1. The molecule has 138 valence electrons. The number of nitrogens with zero attached hydrogens (tertiary/aromatic N) is 2. The van der Waals surface area contributed by atoms with Crippen molar-refractivity contribution in [1.82, 2.24) is 4.57 Å². The molecule has 0 fully saturated rings. The Bertz CT molecular complexity index is 1110. The molecule has 1 aromatic heterocycles. The molecule has 1 N–H and O–H groups in total. The Labute approximate surface area is 160 Å². The number of ether oxygens (including phenoxy) is 1. The van der Waals surface area contributed by atoms with E-state index in [-0.39, 0.29) is 11.3 Å². The maximum Gasteiger partial charge on any atom is 0.267 e. The number of hydrogen-bond acceptors (Lipinski definition) is 5. The standard InChI is InChI=1S/C20H18N2O4S/c1-21(12-6-4-3-5-7-12)19(24)16-18(23)14-10-13(27-2)11-15-17(14)22(20(16)25)8-9-26-15/h3-7,10-11,23H,8-9H2,1-2H3. The lowest BCUT2D eigenvalue weighted by Crippen LogP contribution is -2.36. The summed E-state index contributed by atoms with van der Waals surface area (Å²) in [5, 5.41) is 11.3. The fraction of sp³-hybridized carbons (Fsp3) is 0.200. The average Bonchev–Trinajstić information content (AvgIpc) is 2.71. The topological polar surface area (TPSA) is 71.8 Å². The second kappa shape index (κ2) is 6.66. The zero-order valence-electron chi connectivity index (χ0n) is 14.9. The Morgan fingerprint density at radius 2 is 2.00 bits per heavy atom. The first-order valence-corrected chi connectivity index (χ1v) is 9.69. The van der Waals surface area contributed by atoms with Gasteiger partial charge in [-0.1, -0.05) is 18.2 Å². The number of para-hydroxylation sites is 1. The van der Waals surface area contributed by atoms with E-state index in [1.165, 1.54) is 21.2 Å². The Morgan fingerprint density at radius 1 is 1.26 bits per heavy atom. The van der Waals surface area contributed by atoms with Crippen LogP contribution in [0.1, 0.15) is 10.4 Å². The summed E-state index contributed by atoms with van der Waals surface area (Å²) in [4.78, 5) is 28.4. The van der Waals surface area contributed by atoms with E-state index >= 15 is 0 Å². The fourth-order valence-corrected chi connectivity index (χ4v) is 3.79. The van der Waals surface area contributed by atoms with Crippen molar-refractivity contribution in [3.8, 4) is 11.5 Å². The number of anilines is 1. The normalized spacial score (nSPS) is 12.7. The molecule has 0 bridgehead atoms. The lowest BCUT2D eigenvalue weighted by molar-refractivity contribution is 0.0988. The molecule has 0 unspecified atom stereocenters. The van der Waals surface area contributed by atoms with Gasteiger partial charge in [0.1, 0.15) is 23.7 Å². The molecular weight excluding hydrogens is 364 g/mol. The zero-order valence-corrected chi connectivity index (χ0v) is 15.7. The summed E-state index contributed by atoms with van der Waals surface area (Å²) in [6.45, 7) is 0.670. The van der Waals surface area contributed by atoms with Gasteiger partial charge in [-0.05, 0) is 30.5 Å². The van der Waals surface area contributed by atoms with Crippen molar-refractivity contribution in [2.75, 3.05) is 24.8 Å². The molecule has 2 heterocycles. The quantitative estimate of drug-likeness (QED) is 0.705. The van der Waals surface area contributed by atoms with Crippen molar-refractivity contribution in [3.05, 3.63) is 58.4 Å². The maximum absolute atomic E-state index is 13.1. The van der Waals surface area contributed by atoms with E-state index in [4.69, 9.17) is 4.74 Å². The molecule has 1 amide bonds. The summed E-state index contributed by atoms with van der Waals surface area (Å²) in [6.07, 6.45) is 1.92. The van der Waals surface area contributed by atoms with Crippen molar-refractivity contribution >= 4 is 34.3 Å². The van der Waals surface area contributed by atoms with Crippen LogP contribution in [-0.4, -0.2) is 35.5 Å². The molecule has 7 heteroatoms. The summed E-state index contributed by atoms with van der Waals surface area (Å²) in [5.41, 5.74) is 0.441. The van der Waals surface area contributed by atoms with E-state index in [0.717, 1.165) is 4.90 Å². The first kappa shape index (κ1) is 17.5. The predicted molar refractivity (Wildman–Crippen MR) is 106 cm³/mol. The molecule has 0 atom stereocenters. The first-order valence-electron chi connectivity index (χ1n) is 8.46. The van der Waals surface area contributed by atoms with Crippen LogP contribution in [-0.2, 0) is 6.54 Å². The van der Waals surface area contributed by atoms with Crippen LogP contribution in [0.5, 0.6) is 11.5 Å². The lowest BCUT2D eigenvalue weighted by atomic mass is 10.1. The Morgan fingerprint density at radius 3 is 2.70 bits per heavy atom. The molecule has 0 spiro atoms. The average molecular weight is 382 g/mol. The molecular formula is C20H18N2O4S. The lowest BCUT2D eigenvalue weighted by Gasteiger charge is -2.24. The van der Waals surface area contributed by atoms with Crippen molar-refractivity contribution in [2.45, 2.75) is 11.4 Å². The van der Waals surface area contributed by atoms with E-state index in [1.54, 1.807) is 25.2 Å². The number of aromatic nitrogens is 1. The van der Waals surface area contributed by atoms with Crippen LogP contribution in [0.2, 0.25) is 0 Å². The number of aromatic hydroxyl groups is 1. The largest absolute Gasteiger partial charge is 0.506 e. The van der Waals surface area contributed by atoms with Crippen LogP contribution >= 0.6 is 11.8 Å². The molecule has 3 aromatic rings. The number of benzene rings is 2. The highest BCUT2D eigenvalue weighted by molar-refractivity contribution is 7.98. The number of carbonyl (C=O) groups excluding carboxylic acids is 1. The van der Waals surface area contributed by atoms with Gasteiger partial charge in [0.15, 0.2) is 0 Å². The van der Waals surface area contributed by atoms with Gasteiger partial charge in [-0.2, -0.15) is 0 Å². The molecule has 0 saturated carbocycles. The summed E-state index contributed by atoms with van der Waals surface area (Å²) >= 11 is 1.50. The van der Waals surface area contributed by atoms with Gasteiger partial charge in [-0.3, -0.25) is 9.59 Å². The Balaban J connectivity index is 1.97. The molecule has 2 aromatic carbocycles. The number of rotatable bonds is 3. The van der Waals surface area contributed by atoms with Crippen molar-refractivity contribution in [3.63, 3.8) is 0 Å². The highest BCUT2D eigenvalue weighted by Crippen LogP contribution is 2.38. The van der Waals surface area contributed by atoms with Gasteiger partial charge >= 0.3 is 0 Å². The van der Waals surface area contributed by atoms with Crippen LogP contribution in [0, 0.1) is 0 Å².